The number of aromatic nitrogens is 2. The highest BCUT2D eigenvalue weighted by atomic mass is 32.2. The Morgan fingerprint density at radius 2 is 1.91 bits per heavy atom. The van der Waals surface area contributed by atoms with Crippen molar-refractivity contribution in [1.82, 2.24) is 9.78 Å². The van der Waals surface area contributed by atoms with Gasteiger partial charge in [-0.25, -0.2) is 8.42 Å². The number of anilines is 1. The molecule has 0 fully saturated rings. The topological polar surface area (TPSA) is 84.2 Å². The molecule has 22 heavy (non-hydrogen) atoms. The van der Waals surface area contributed by atoms with Crippen molar-refractivity contribution in [1.29, 1.82) is 0 Å². The molecule has 0 aliphatic carbocycles. The van der Waals surface area contributed by atoms with Gasteiger partial charge in [0.05, 0.1) is 29.9 Å². The van der Waals surface area contributed by atoms with Gasteiger partial charge in [0.25, 0.3) is 10.0 Å². The van der Waals surface area contributed by atoms with Crippen molar-refractivity contribution < 1.29 is 13.5 Å². The Balaban J connectivity index is 1.89. The third-order valence-corrected chi connectivity index (χ3v) is 4.62. The number of rotatable bonds is 5. The molecule has 0 aliphatic heterocycles. The minimum absolute atomic E-state index is 0.0570. The average Bonchev–Trinajstić information content (AvgIpc) is 2.93. The van der Waals surface area contributed by atoms with Gasteiger partial charge in [-0.05, 0) is 22.9 Å². The molecule has 7 heteroatoms. The van der Waals surface area contributed by atoms with Gasteiger partial charge in [-0.1, -0.05) is 30.3 Å². The summed E-state index contributed by atoms with van der Waals surface area (Å²) in [6, 6.07) is 12.6. The number of hydrogen-bond acceptors (Lipinski definition) is 4. The van der Waals surface area contributed by atoms with Gasteiger partial charge in [-0.15, -0.1) is 0 Å². The first kappa shape index (κ1) is 14.6. The summed E-state index contributed by atoms with van der Waals surface area (Å²) in [6.45, 7) is 0.260. The molecule has 0 amide bonds. The largest absolute Gasteiger partial charge is 0.394 e. The van der Waals surface area contributed by atoms with E-state index in [2.05, 4.69) is 9.82 Å². The maximum Gasteiger partial charge on any atom is 0.262 e. The molecular formula is C15H15N3O3S. The van der Waals surface area contributed by atoms with Crippen LogP contribution in [0.3, 0.4) is 0 Å². The molecule has 0 aliphatic rings. The first-order chi connectivity index (χ1) is 10.6. The van der Waals surface area contributed by atoms with E-state index in [1.54, 1.807) is 18.2 Å². The molecule has 0 bridgehead atoms. The number of fused-ring (bicyclic) bond motifs is 1. The highest BCUT2D eigenvalue weighted by Gasteiger charge is 2.15. The lowest BCUT2D eigenvalue weighted by Crippen LogP contribution is -2.12. The van der Waals surface area contributed by atoms with E-state index in [4.69, 9.17) is 5.11 Å². The molecule has 3 rings (SSSR count). The van der Waals surface area contributed by atoms with Crippen LogP contribution in [0.1, 0.15) is 0 Å². The zero-order valence-corrected chi connectivity index (χ0v) is 12.5. The summed E-state index contributed by atoms with van der Waals surface area (Å²) in [7, 11) is -3.67. The molecule has 0 saturated heterocycles. The van der Waals surface area contributed by atoms with E-state index in [0.29, 0.717) is 12.2 Å². The van der Waals surface area contributed by atoms with Crippen LogP contribution in [0.4, 0.5) is 5.69 Å². The number of nitrogens with zero attached hydrogens (tertiary/aromatic N) is 2. The number of hydrogen-bond donors (Lipinski definition) is 2. The fourth-order valence-electron chi connectivity index (χ4n) is 2.19. The number of aliphatic hydroxyl groups is 1. The van der Waals surface area contributed by atoms with Crippen LogP contribution in [-0.4, -0.2) is 29.9 Å². The van der Waals surface area contributed by atoms with E-state index >= 15 is 0 Å². The Labute approximate surface area is 128 Å². The van der Waals surface area contributed by atoms with Gasteiger partial charge >= 0.3 is 0 Å². The van der Waals surface area contributed by atoms with Crippen molar-refractivity contribution in [3.63, 3.8) is 0 Å². The predicted octanol–water partition coefficient (Wildman–Crippen LogP) is 1.83. The highest BCUT2D eigenvalue weighted by Crippen LogP contribution is 2.21. The monoisotopic (exact) mass is 317 g/mol. The van der Waals surface area contributed by atoms with Crippen LogP contribution in [0.25, 0.3) is 10.8 Å². The summed E-state index contributed by atoms with van der Waals surface area (Å²) in [5, 5.41) is 14.6. The third kappa shape index (κ3) is 2.95. The smallest absolute Gasteiger partial charge is 0.262 e. The van der Waals surface area contributed by atoms with E-state index in [0.717, 1.165) is 10.8 Å². The molecule has 0 atom stereocenters. The summed E-state index contributed by atoms with van der Waals surface area (Å²) in [6.07, 6.45) is 2.95. The van der Waals surface area contributed by atoms with Gasteiger partial charge < -0.3 is 5.11 Å². The summed E-state index contributed by atoms with van der Waals surface area (Å²) < 4.78 is 28.8. The second-order valence-electron chi connectivity index (χ2n) is 4.83. The molecule has 3 aromatic rings. The molecule has 2 aromatic carbocycles. The Morgan fingerprint density at radius 1 is 1.14 bits per heavy atom. The molecule has 0 spiro atoms. The quantitative estimate of drug-likeness (QED) is 0.752. The van der Waals surface area contributed by atoms with Crippen molar-refractivity contribution in [2.75, 3.05) is 11.3 Å². The number of aliphatic hydroxyl groups excluding tert-OH is 1. The maximum atomic E-state index is 12.4. The summed E-state index contributed by atoms with van der Waals surface area (Å²) in [5.41, 5.74) is 0.363. The van der Waals surface area contributed by atoms with Gasteiger partial charge in [0.1, 0.15) is 0 Å². The number of nitrogens with one attached hydrogen (secondary N) is 1. The third-order valence-electron chi connectivity index (χ3n) is 3.25. The van der Waals surface area contributed by atoms with Crippen LogP contribution < -0.4 is 4.72 Å². The molecule has 0 radical (unpaired) electrons. The van der Waals surface area contributed by atoms with Gasteiger partial charge in [0, 0.05) is 6.20 Å². The Bertz CT molecular complexity index is 903. The van der Waals surface area contributed by atoms with E-state index < -0.39 is 10.0 Å². The van der Waals surface area contributed by atoms with Crippen LogP contribution in [0.15, 0.2) is 59.8 Å². The molecule has 114 valence electrons. The average molecular weight is 317 g/mol. The summed E-state index contributed by atoms with van der Waals surface area (Å²) >= 11 is 0. The first-order valence-electron chi connectivity index (χ1n) is 6.73. The fraction of sp³-hybridized carbons (Fsp3) is 0.133. The van der Waals surface area contributed by atoms with Crippen LogP contribution in [-0.2, 0) is 16.6 Å². The molecular weight excluding hydrogens is 302 g/mol. The van der Waals surface area contributed by atoms with Gasteiger partial charge in [0.15, 0.2) is 0 Å². The summed E-state index contributed by atoms with van der Waals surface area (Å²) in [4.78, 5) is 0.195. The fourth-order valence-corrected chi connectivity index (χ4v) is 3.25. The van der Waals surface area contributed by atoms with Crippen molar-refractivity contribution in [2.45, 2.75) is 11.4 Å². The van der Waals surface area contributed by atoms with Crippen LogP contribution in [0.5, 0.6) is 0 Å². The first-order valence-corrected chi connectivity index (χ1v) is 8.22. The minimum atomic E-state index is -3.67. The van der Waals surface area contributed by atoms with E-state index in [9.17, 15) is 8.42 Å². The van der Waals surface area contributed by atoms with Crippen molar-refractivity contribution in [2.24, 2.45) is 0 Å². The standard InChI is InChI=1S/C15H15N3O3S/c19-8-7-18-11-14(10-16-18)17-22(20,21)15-6-5-12-3-1-2-4-13(12)9-15/h1-6,9-11,17,19H,7-8H2. The molecule has 1 aromatic heterocycles. The Kier molecular flexibility index (Phi) is 3.82. The lowest BCUT2D eigenvalue weighted by Gasteiger charge is -2.07. The SMILES string of the molecule is O=S(=O)(Nc1cnn(CCO)c1)c1ccc2ccccc2c1. The molecule has 2 N–H and O–H groups in total. The lowest BCUT2D eigenvalue weighted by atomic mass is 10.1. The van der Waals surface area contributed by atoms with Gasteiger partial charge in [-0.3, -0.25) is 9.40 Å². The van der Waals surface area contributed by atoms with Crippen LogP contribution in [0, 0.1) is 0 Å². The van der Waals surface area contributed by atoms with E-state index in [1.165, 1.54) is 17.1 Å². The van der Waals surface area contributed by atoms with Crippen molar-refractivity contribution >= 4 is 26.5 Å². The second kappa shape index (κ2) is 5.78. The Morgan fingerprint density at radius 3 is 2.68 bits per heavy atom. The van der Waals surface area contributed by atoms with Crippen molar-refractivity contribution in [3.8, 4) is 0 Å². The minimum Gasteiger partial charge on any atom is -0.394 e. The van der Waals surface area contributed by atoms with Crippen molar-refractivity contribution in [3.05, 3.63) is 54.9 Å². The number of benzene rings is 2. The second-order valence-corrected chi connectivity index (χ2v) is 6.51. The lowest BCUT2D eigenvalue weighted by molar-refractivity contribution is 0.269. The zero-order valence-electron chi connectivity index (χ0n) is 11.7. The number of sulfonamides is 1. The van der Waals surface area contributed by atoms with Gasteiger partial charge in [0.2, 0.25) is 0 Å². The van der Waals surface area contributed by atoms with Gasteiger partial charge in [-0.2, -0.15) is 5.10 Å². The Hall–Kier alpha value is -2.38. The highest BCUT2D eigenvalue weighted by molar-refractivity contribution is 7.92. The zero-order chi connectivity index (χ0) is 15.6. The summed E-state index contributed by atoms with van der Waals surface area (Å²) in [5.74, 6) is 0. The van der Waals surface area contributed by atoms with E-state index in [-0.39, 0.29) is 11.5 Å². The molecule has 0 unspecified atom stereocenters. The normalized spacial score (nSPS) is 11.7. The molecule has 1 heterocycles. The van der Waals surface area contributed by atoms with Crippen LogP contribution in [0.2, 0.25) is 0 Å². The van der Waals surface area contributed by atoms with Crippen LogP contribution >= 0.6 is 0 Å². The molecule has 6 nitrogen and oxygen atoms in total. The maximum absolute atomic E-state index is 12.4. The molecule has 0 saturated carbocycles. The predicted molar refractivity (Wildman–Crippen MR) is 84.1 cm³/mol. The van der Waals surface area contributed by atoms with E-state index in [1.807, 2.05) is 24.3 Å².